The van der Waals surface area contributed by atoms with Gasteiger partial charge in [0.05, 0.1) is 6.10 Å². The molecule has 1 heteroatoms. The van der Waals surface area contributed by atoms with Crippen LogP contribution in [0.15, 0.2) is 54.6 Å². The van der Waals surface area contributed by atoms with Gasteiger partial charge in [-0.2, -0.15) is 0 Å². The Labute approximate surface area is 186 Å². The molecule has 0 amide bonds. The van der Waals surface area contributed by atoms with Gasteiger partial charge >= 0.3 is 0 Å². The molecule has 166 valence electrons. The van der Waals surface area contributed by atoms with E-state index < -0.39 is 0 Å². The van der Waals surface area contributed by atoms with E-state index in [0.717, 1.165) is 6.61 Å². The molecule has 0 fully saturated rings. The van der Waals surface area contributed by atoms with Crippen LogP contribution in [0.5, 0.6) is 0 Å². The summed E-state index contributed by atoms with van der Waals surface area (Å²) in [5.74, 6) is 0. The SMILES string of the molecule is CCCCCCCCCCCCCCCOC(C)c1ccc(-c2ccccc2)cc1. The van der Waals surface area contributed by atoms with Crippen LogP contribution >= 0.6 is 0 Å². The van der Waals surface area contributed by atoms with E-state index in [1.54, 1.807) is 0 Å². The van der Waals surface area contributed by atoms with E-state index in [1.807, 2.05) is 0 Å². The van der Waals surface area contributed by atoms with Crippen LogP contribution in [0.4, 0.5) is 0 Å². The quantitative estimate of drug-likeness (QED) is 0.237. The zero-order valence-electron chi connectivity index (χ0n) is 19.6. The summed E-state index contributed by atoms with van der Waals surface area (Å²) in [7, 11) is 0. The van der Waals surface area contributed by atoms with Crippen molar-refractivity contribution >= 4 is 0 Å². The van der Waals surface area contributed by atoms with E-state index in [2.05, 4.69) is 68.4 Å². The molecule has 0 bridgehead atoms. The highest BCUT2D eigenvalue weighted by Crippen LogP contribution is 2.23. The molecule has 0 saturated heterocycles. The molecule has 0 heterocycles. The summed E-state index contributed by atoms with van der Waals surface area (Å²) in [6.07, 6.45) is 18.3. The Bertz CT molecular complexity index is 631. The third-order valence-electron chi connectivity index (χ3n) is 6.10. The van der Waals surface area contributed by atoms with Gasteiger partial charge in [0.25, 0.3) is 0 Å². The normalized spacial score (nSPS) is 12.2. The van der Waals surface area contributed by atoms with Gasteiger partial charge in [-0.25, -0.2) is 0 Å². The highest BCUT2D eigenvalue weighted by Gasteiger charge is 2.06. The van der Waals surface area contributed by atoms with Crippen molar-refractivity contribution in [1.82, 2.24) is 0 Å². The molecule has 0 saturated carbocycles. The standard InChI is InChI=1S/C29H44O/c1-3-4-5-6-7-8-9-10-11-12-13-14-18-25-30-26(2)27-21-23-29(24-22-27)28-19-16-15-17-20-28/h15-17,19-24,26H,3-14,18,25H2,1-2H3. The second-order valence-electron chi connectivity index (χ2n) is 8.74. The second kappa shape index (κ2) is 16.1. The molecular weight excluding hydrogens is 364 g/mol. The molecule has 1 unspecified atom stereocenters. The fourth-order valence-electron chi connectivity index (χ4n) is 4.05. The van der Waals surface area contributed by atoms with Gasteiger partial charge in [0.2, 0.25) is 0 Å². The van der Waals surface area contributed by atoms with Gasteiger partial charge in [-0.1, -0.05) is 139 Å². The monoisotopic (exact) mass is 408 g/mol. The zero-order valence-corrected chi connectivity index (χ0v) is 19.6. The Morgan fingerprint density at radius 2 is 1.03 bits per heavy atom. The molecule has 0 spiro atoms. The van der Waals surface area contributed by atoms with Crippen LogP contribution in [0.25, 0.3) is 11.1 Å². The first-order valence-corrected chi connectivity index (χ1v) is 12.6. The van der Waals surface area contributed by atoms with Crippen LogP contribution in [-0.2, 0) is 4.74 Å². The first-order valence-electron chi connectivity index (χ1n) is 12.6. The van der Waals surface area contributed by atoms with E-state index in [4.69, 9.17) is 4.74 Å². The molecular formula is C29H44O. The topological polar surface area (TPSA) is 9.23 Å². The Balaban J connectivity index is 1.45. The van der Waals surface area contributed by atoms with Crippen molar-refractivity contribution in [2.75, 3.05) is 6.61 Å². The molecule has 0 radical (unpaired) electrons. The number of rotatable bonds is 17. The lowest BCUT2D eigenvalue weighted by Crippen LogP contribution is -2.01. The van der Waals surface area contributed by atoms with Crippen molar-refractivity contribution < 1.29 is 4.74 Å². The third-order valence-corrected chi connectivity index (χ3v) is 6.10. The fourth-order valence-corrected chi connectivity index (χ4v) is 4.05. The van der Waals surface area contributed by atoms with Crippen molar-refractivity contribution in [2.24, 2.45) is 0 Å². The molecule has 2 aromatic carbocycles. The van der Waals surface area contributed by atoms with Crippen LogP contribution in [0, 0.1) is 0 Å². The molecule has 1 atom stereocenters. The largest absolute Gasteiger partial charge is 0.374 e. The van der Waals surface area contributed by atoms with Crippen molar-refractivity contribution in [3.8, 4) is 11.1 Å². The lowest BCUT2D eigenvalue weighted by atomic mass is 10.0. The summed E-state index contributed by atoms with van der Waals surface area (Å²) in [6.45, 7) is 5.33. The Hall–Kier alpha value is -1.60. The third kappa shape index (κ3) is 10.4. The molecule has 0 aliphatic rings. The van der Waals surface area contributed by atoms with Gasteiger partial charge in [-0.05, 0) is 30.0 Å². The highest BCUT2D eigenvalue weighted by molar-refractivity contribution is 5.63. The Morgan fingerprint density at radius 1 is 0.567 bits per heavy atom. The van der Waals surface area contributed by atoms with E-state index >= 15 is 0 Å². The first-order chi connectivity index (χ1) is 14.8. The van der Waals surface area contributed by atoms with Gasteiger partial charge in [0.15, 0.2) is 0 Å². The average Bonchev–Trinajstić information content (AvgIpc) is 2.80. The summed E-state index contributed by atoms with van der Waals surface area (Å²) in [5, 5.41) is 0. The summed E-state index contributed by atoms with van der Waals surface area (Å²) in [5.41, 5.74) is 3.80. The molecule has 2 aromatic rings. The van der Waals surface area contributed by atoms with Gasteiger partial charge in [-0.3, -0.25) is 0 Å². The molecule has 0 aromatic heterocycles. The van der Waals surface area contributed by atoms with Gasteiger partial charge in [0, 0.05) is 6.61 Å². The van der Waals surface area contributed by atoms with Crippen molar-refractivity contribution in [1.29, 1.82) is 0 Å². The van der Waals surface area contributed by atoms with Crippen molar-refractivity contribution in [3.63, 3.8) is 0 Å². The minimum absolute atomic E-state index is 0.173. The number of unbranched alkanes of at least 4 members (excludes halogenated alkanes) is 12. The lowest BCUT2D eigenvalue weighted by molar-refractivity contribution is 0.0627. The van der Waals surface area contributed by atoms with E-state index in [-0.39, 0.29) is 6.10 Å². The smallest absolute Gasteiger partial charge is 0.0796 e. The van der Waals surface area contributed by atoms with Crippen molar-refractivity contribution in [3.05, 3.63) is 60.2 Å². The summed E-state index contributed by atoms with van der Waals surface area (Å²) < 4.78 is 6.07. The van der Waals surface area contributed by atoms with E-state index in [1.165, 1.54) is 100 Å². The van der Waals surface area contributed by atoms with Gasteiger partial charge in [-0.15, -0.1) is 0 Å². The van der Waals surface area contributed by atoms with Crippen LogP contribution in [0.2, 0.25) is 0 Å². The zero-order chi connectivity index (χ0) is 21.3. The molecule has 0 aliphatic carbocycles. The van der Waals surface area contributed by atoms with Gasteiger partial charge in [0.1, 0.15) is 0 Å². The molecule has 0 aliphatic heterocycles. The average molecular weight is 409 g/mol. The maximum atomic E-state index is 6.07. The van der Waals surface area contributed by atoms with Crippen LogP contribution in [0.3, 0.4) is 0 Å². The molecule has 1 nitrogen and oxygen atoms in total. The molecule has 0 N–H and O–H groups in total. The second-order valence-corrected chi connectivity index (χ2v) is 8.74. The molecule has 2 rings (SSSR count). The Morgan fingerprint density at radius 3 is 1.57 bits per heavy atom. The number of hydrogen-bond acceptors (Lipinski definition) is 1. The predicted octanol–water partition coefficient (Wildman–Crippen LogP) is 9.52. The maximum absolute atomic E-state index is 6.07. The van der Waals surface area contributed by atoms with Gasteiger partial charge < -0.3 is 4.74 Å². The fraction of sp³-hybridized carbons (Fsp3) is 0.586. The molecule has 30 heavy (non-hydrogen) atoms. The highest BCUT2D eigenvalue weighted by atomic mass is 16.5. The number of ether oxygens (including phenoxy) is 1. The maximum Gasteiger partial charge on any atom is 0.0796 e. The Kier molecular flexibility index (Phi) is 13.3. The van der Waals surface area contributed by atoms with Crippen LogP contribution < -0.4 is 0 Å². The van der Waals surface area contributed by atoms with Crippen LogP contribution in [0.1, 0.15) is 109 Å². The number of benzene rings is 2. The number of hydrogen-bond donors (Lipinski definition) is 0. The van der Waals surface area contributed by atoms with E-state index in [9.17, 15) is 0 Å². The minimum atomic E-state index is 0.173. The van der Waals surface area contributed by atoms with E-state index in [0.29, 0.717) is 0 Å². The lowest BCUT2D eigenvalue weighted by Gasteiger charge is -2.14. The summed E-state index contributed by atoms with van der Waals surface area (Å²) >= 11 is 0. The predicted molar refractivity (Wildman–Crippen MR) is 132 cm³/mol. The minimum Gasteiger partial charge on any atom is -0.374 e. The van der Waals surface area contributed by atoms with Crippen molar-refractivity contribution in [2.45, 2.75) is 103 Å². The van der Waals surface area contributed by atoms with Crippen LogP contribution in [-0.4, -0.2) is 6.61 Å². The first kappa shape index (κ1) is 24.7. The summed E-state index contributed by atoms with van der Waals surface area (Å²) in [4.78, 5) is 0. The summed E-state index contributed by atoms with van der Waals surface area (Å²) in [6, 6.07) is 19.4.